The second-order valence-electron chi connectivity index (χ2n) is 6.93. The van der Waals surface area contributed by atoms with E-state index >= 15 is 0 Å². The standard InChI is InChI=1S/C21H26O10/c1-13(22)26-11-18-19(29-15(3)24)20(30-16(4)25)21(31-18,12-27-14(2)23)28-10-17-8-6-5-7-9-17/h5-9,18-20H,10-12H2,1-4H3/t18-,19+,20+,21+/m1/s1. The van der Waals surface area contributed by atoms with Gasteiger partial charge in [-0.1, -0.05) is 30.3 Å². The summed E-state index contributed by atoms with van der Waals surface area (Å²) in [6.45, 7) is 3.98. The van der Waals surface area contributed by atoms with Crippen LogP contribution >= 0.6 is 0 Å². The maximum Gasteiger partial charge on any atom is 0.303 e. The maximum atomic E-state index is 11.8. The molecule has 1 heterocycles. The normalized spacial score (nSPS) is 24.8. The molecular weight excluding hydrogens is 412 g/mol. The highest BCUT2D eigenvalue weighted by atomic mass is 16.8. The minimum atomic E-state index is -1.81. The lowest BCUT2D eigenvalue weighted by atomic mass is 10.0. The topological polar surface area (TPSA) is 124 Å². The Morgan fingerprint density at radius 1 is 0.871 bits per heavy atom. The Morgan fingerprint density at radius 2 is 1.48 bits per heavy atom. The molecular formula is C21H26O10. The number of esters is 4. The molecule has 0 aliphatic carbocycles. The summed E-state index contributed by atoms with van der Waals surface area (Å²) < 4.78 is 32.8. The predicted molar refractivity (Wildman–Crippen MR) is 103 cm³/mol. The molecule has 0 aromatic heterocycles. The van der Waals surface area contributed by atoms with Crippen molar-refractivity contribution < 1.29 is 47.6 Å². The summed E-state index contributed by atoms with van der Waals surface area (Å²) >= 11 is 0. The first-order valence-corrected chi connectivity index (χ1v) is 9.60. The van der Waals surface area contributed by atoms with Gasteiger partial charge in [0.05, 0.1) is 6.61 Å². The lowest BCUT2D eigenvalue weighted by molar-refractivity contribution is -0.286. The minimum Gasteiger partial charge on any atom is -0.463 e. The zero-order valence-corrected chi connectivity index (χ0v) is 17.8. The smallest absolute Gasteiger partial charge is 0.303 e. The third-order valence-corrected chi connectivity index (χ3v) is 4.30. The molecule has 1 fully saturated rings. The summed E-state index contributed by atoms with van der Waals surface area (Å²) in [5.41, 5.74) is 0.766. The van der Waals surface area contributed by atoms with Gasteiger partial charge >= 0.3 is 23.9 Å². The Balaban J connectivity index is 2.41. The molecule has 0 radical (unpaired) electrons. The van der Waals surface area contributed by atoms with Crippen molar-refractivity contribution in [3.63, 3.8) is 0 Å². The zero-order chi connectivity index (χ0) is 23.0. The number of hydrogen-bond donors (Lipinski definition) is 0. The lowest BCUT2D eigenvalue weighted by Gasteiger charge is -2.33. The van der Waals surface area contributed by atoms with E-state index in [1.165, 1.54) is 20.8 Å². The number of benzene rings is 1. The molecule has 1 aromatic rings. The van der Waals surface area contributed by atoms with Gasteiger partial charge in [0.2, 0.25) is 5.79 Å². The molecule has 1 aliphatic rings. The first-order valence-electron chi connectivity index (χ1n) is 9.60. The van der Waals surface area contributed by atoms with E-state index in [9.17, 15) is 19.2 Å². The molecule has 0 N–H and O–H groups in total. The SMILES string of the molecule is CC(=O)OC[C@H]1O[C@](COC(C)=O)(OCc2ccccc2)[C@@H](OC(C)=O)[C@H]1OC(C)=O. The molecule has 31 heavy (non-hydrogen) atoms. The van der Waals surface area contributed by atoms with Crippen molar-refractivity contribution in [1.29, 1.82) is 0 Å². The zero-order valence-electron chi connectivity index (χ0n) is 17.8. The van der Waals surface area contributed by atoms with Crippen LogP contribution in [0.3, 0.4) is 0 Å². The maximum absolute atomic E-state index is 11.8. The van der Waals surface area contributed by atoms with Crippen molar-refractivity contribution in [2.75, 3.05) is 13.2 Å². The summed E-state index contributed by atoms with van der Waals surface area (Å²) in [6, 6.07) is 9.05. The minimum absolute atomic E-state index is 0.00689. The molecule has 2 rings (SSSR count). The van der Waals surface area contributed by atoms with Crippen LogP contribution in [0.4, 0.5) is 0 Å². The van der Waals surface area contributed by atoms with Gasteiger partial charge in [-0.3, -0.25) is 19.2 Å². The van der Waals surface area contributed by atoms with E-state index in [1.54, 1.807) is 12.1 Å². The molecule has 10 nitrogen and oxygen atoms in total. The number of carbonyl (C=O) groups excluding carboxylic acids is 4. The van der Waals surface area contributed by atoms with Crippen LogP contribution in [-0.2, 0) is 54.2 Å². The summed E-state index contributed by atoms with van der Waals surface area (Å²) in [5, 5.41) is 0. The molecule has 1 saturated heterocycles. The van der Waals surface area contributed by atoms with Gasteiger partial charge in [-0.15, -0.1) is 0 Å². The molecule has 1 aromatic carbocycles. The van der Waals surface area contributed by atoms with Crippen molar-refractivity contribution in [2.24, 2.45) is 0 Å². The van der Waals surface area contributed by atoms with E-state index in [1.807, 2.05) is 18.2 Å². The first kappa shape index (κ1) is 24.3. The van der Waals surface area contributed by atoms with Crippen LogP contribution in [0.2, 0.25) is 0 Å². The van der Waals surface area contributed by atoms with Crippen molar-refractivity contribution in [3.8, 4) is 0 Å². The summed E-state index contributed by atoms with van der Waals surface area (Å²) in [6.07, 6.45) is -3.51. The summed E-state index contributed by atoms with van der Waals surface area (Å²) in [7, 11) is 0. The molecule has 0 bridgehead atoms. The molecule has 0 amide bonds. The third-order valence-electron chi connectivity index (χ3n) is 4.30. The Bertz CT molecular complexity index is 793. The van der Waals surface area contributed by atoms with Crippen molar-refractivity contribution >= 4 is 23.9 Å². The second kappa shape index (κ2) is 10.9. The van der Waals surface area contributed by atoms with E-state index in [0.717, 1.165) is 12.5 Å². The Kier molecular flexibility index (Phi) is 8.52. The molecule has 0 unspecified atom stereocenters. The van der Waals surface area contributed by atoms with E-state index in [4.69, 9.17) is 28.4 Å². The van der Waals surface area contributed by atoms with Gasteiger partial charge in [0.15, 0.2) is 12.2 Å². The van der Waals surface area contributed by atoms with E-state index in [-0.39, 0.29) is 13.2 Å². The number of ether oxygens (including phenoxy) is 6. The summed E-state index contributed by atoms with van der Waals surface area (Å²) in [4.78, 5) is 46.4. The average Bonchev–Trinajstić information content (AvgIpc) is 2.96. The fourth-order valence-electron chi connectivity index (χ4n) is 3.08. The second-order valence-corrected chi connectivity index (χ2v) is 6.93. The highest BCUT2D eigenvalue weighted by Gasteiger charge is 2.61. The molecule has 10 heteroatoms. The van der Waals surface area contributed by atoms with Gasteiger partial charge in [0.1, 0.15) is 19.3 Å². The van der Waals surface area contributed by atoms with E-state index < -0.39 is 54.6 Å². The van der Waals surface area contributed by atoms with E-state index in [0.29, 0.717) is 0 Å². The largest absolute Gasteiger partial charge is 0.463 e. The Labute approximate surface area is 179 Å². The molecule has 0 spiro atoms. The van der Waals surface area contributed by atoms with Crippen molar-refractivity contribution in [2.45, 2.75) is 58.4 Å². The monoisotopic (exact) mass is 438 g/mol. The summed E-state index contributed by atoms with van der Waals surface area (Å²) in [5.74, 6) is -4.39. The van der Waals surface area contributed by atoms with Crippen molar-refractivity contribution in [3.05, 3.63) is 35.9 Å². The van der Waals surface area contributed by atoms with Crippen LogP contribution in [0.5, 0.6) is 0 Å². The third kappa shape index (κ3) is 7.04. The quantitative estimate of drug-likeness (QED) is 0.411. The molecule has 0 saturated carbocycles. The Morgan fingerprint density at radius 3 is 2.03 bits per heavy atom. The Hall–Kier alpha value is -2.98. The van der Waals surface area contributed by atoms with Crippen LogP contribution in [0.1, 0.15) is 33.3 Å². The van der Waals surface area contributed by atoms with Gasteiger partial charge < -0.3 is 28.4 Å². The molecule has 1 aliphatic heterocycles. The van der Waals surface area contributed by atoms with Crippen LogP contribution in [0, 0.1) is 0 Å². The van der Waals surface area contributed by atoms with Gasteiger partial charge in [-0.05, 0) is 5.56 Å². The fourth-order valence-corrected chi connectivity index (χ4v) is 3.08. The van der Waals surface area contributed by atoms with Gasteiger partial charge in [0, 0.05) is 27.7 Å². The van der Waals surface area contributed by atoms with Crippen LogP contribution in [-0.4, -0.2) is 61.2 Å². The van der Waals surface area contributed by atoms with E-state index in [2.05, 4.69) is 0 Å². The molecule has 4 atom stereocenters. The van der Waals surface area contributed by atoms with Crippen molar-refractivity contribution in [1.82, 2.24) is 0 Å². The fraction of sp³-hybridized carbons (Fsp3) is 0.524. The van der Waals surface area contributed by atoms with Gasteiger partial charge in [-0.2, -0.15) is 0 Å². The molecule has 170 valence electrons. The van der Waals surface area contributed by atoms with Crippen LogP contribution in [0.25, 0.3) is 0 Å². The lowest BCUT2D eigenvalue weighted by Crippen LogP contribution is -2.52. The average molecular weight is 438 g/mol. The first-order chi connectivity index (χ1) is 14.6. The highest BCUT2D eigenvalue weighted by Crippen LogP contribution is 2.38. The number of carbonyl (C=O) groups is 4. The predicted octanol–water partition coefficient (Wildman–Crippen LogP) is 1.29. The number of rotatable bonds is 9. The number of hydrogen-bond acceptors (Lipinski definition) is 10. The highest BCUT2D eigenvalue weighted by molar-refractivity contribution is 5.68. The van der Waals surface area contributed by atoms with Gasteiger partial charge in [0.25, 0.3) is 0 Å². The van der Waals surface area contributed by atoms with Gasteiger partial charge in [-0.25, -0.2) is 0 Å². The van der Waals surface area contributed by atoms with Crippen LogP contribution in [0.15, 0.2) is 30.3 Å². The van der Waals surface area contributed by atoms with Crippen LogP contribution < -0.4 is 0 Å².